The molecule has 0 N–H and O–H groups in total. The lowest BCUT2D eigenvalue weighted by molar-refractivity contribution is -0.641. The summed E-state index contributed by atoms with van der Waals surface area (Å²) in [7, 11) is 1.71. The number of rotatable bonds is 3. The van der Waals surface area contributed by atoms with E-state index in [-0.39, 0.29) is 5.63 Å². The number of hydrogen-bond donors (Lipinski definition) is 0. The highest BCUT2D eigenvalue weighted by atomic mass is 17.3. The van der Waals surface area contributed by atoms with Gasteiger partial charge >= 0.3 is 5.63 Å². The summed E-state index contributed by atoms with van der Waals surface area (Å²) >= 11 is 0. The van der Waals surface area contributed by atoms with Gasteiger partial charge in [0.05, 0.1) is 0 Å². The zero-order valence-corrected chi connectivity index (χ0v) is 17.7. The van der Waals surface area contributed by atoms with Crippen molar-refractivity contribution < 1.29 is 18.9 Å². The molecule has 5 nitrogen and oxygen atoms in total. The molecule has 2 aliphatic carbocycles. The van der Waals surface area contributed by atoms with Crippen LogP contribution in [0.5, 0.6) is 0 Å². The molecule has 1 aromatic carbocycles. The van der Waals surface area contributed by atoms with E-state index in [4.69, 9.17) is 18.9 Å². The number of fused-ring (bicyclic) bond motifs is 4. The van der Waals surface area contributed by atoms with Gasteiger partial charge in [0.25, 0.3) is 5.79 Å². The molecule has 5 rings (SSSR count). The maximum Gasteiger partial charge on any atom is 0.336 e. The summed E-state index contributed by atoms with van der Waals surface area (Å²) in [6.07, 6.45) is 5.76. The molecule has 1 aromatic heterocycles. The molecule has 1 spiro atoms. The Morgan fingerprint density at radius 3 is 2.62 bits per heavy atom. The SMILES string of the molecule is CCC1CC2CC(C)CC(C2)C12OOC2(OC)c1c(C)ccc2oc(=O)ccc12. The normalized spacial score (nSPS) is 38.9. The van der Waals surface area contributed by atoms with Crippen LogP contribution in [0.4, 0.5) is 0 Å². The first-order chi connectivity index (χ1) is 13.9. The fourth-order valence-corrected chi connectivity index (χ4v) is 6.78. The van der Waals surface area contributed by atoms with Gasteiger partial charge in [-0.15, -0.1) is 0 Å². The van der Waals surface area contributed by atoms with Gasteiger partial charge in [0, 0.05) is 24.1 Å². The molecule has 5 heteroatoms. The highest BCUT2D eigenvalue weighted by Crippen LogP contribution is 2.66. The van der Waals surface area contributed by atoms with Crippen molar-refractivity contribution in [3.8, 4) is 0 Å². The summed E-state index contributed by atoms with van der Waals surface area (Å²) in [5, 5.41) is 0.856. The van der Waals surface area contributed by atoms with E-state index >= 15 is 0 Å². The molecular weight excluding hydrogens is 368 g/mol. The quantitative estimate of drug-likeness (QED) is 0.533. The van der Waals surface area contributed by atoms with Crippen LogP contribution in [0.25, 0.3) is 11.0 Å². The maximum atomic E-state index is 11.8. The van der Waals surface area contributed by atoms with Crippen molar-refractivity contribution in [2.24, 2.45) is 23.7 Å². The number of hydrogen-bond acceptors (Lipinski definition) is 5. The van der Waals surface area contributed by atoms with Gasteiger partial charge in [0.2, 0.25) is 0 Å². The Balaban J connectivity index is 1.74. The Kier molecular flexibility index (Phi) is 4.43. The number of ether oxygens (including phenoxy) is 1. The summed E-state index contributed by atoms with van der Waals surface area (Å²) < 4.78 is 11.7. The molecule has 6 atom stereocenters. The molecule has 3 aliphatic rings. The topological polar surface area (TPSA) is 57.9 Å². The third-order valence-electron chi connectivity index (χ3n) is 7.80. The van der Waals surface area contributed by atoms with Crippen LogP contribution in [0.2, 0.25) is 0 Å². The summed E-state index contributed by atoms with van der Waals surface area (Å²) in [6, 6.07) is 7.13. The summed E-state index contributed by atoms with van der Waals surface area (Å²) in [4.78, 5) is 24.0. The molecule has 6 unspecified atom stereocenters. The molecule has 156 valence electrons. The summed E-state index contributed by atoms with van der Waals surface area (Å²) in [5.74, 6) is 1.18. The van der Waals surface area contributed by atoms with E-state index in [2.05, 4.69) is 20.8 Å². The van der Waals surface area contributed by atoms with Crippen molar-refractivity contribution in [3.63, 3.8) is 0 Å². The minimum absolute atomic E-state index is 0.354. The minimum atomic E-state index is -0.996. The Bertz CT molecular complexity index is 990. The molecule has 0 radical (unpaired) electrons. The lowest BCUT2D eigenvalue weighted by atomic mass is 9.53. The van der Waals surface area contributed by atoms with Crippen LogP contribution in [0.3, 0.4) is 0 Å². The Labute approximate surface area is 171 Å². The first-order valence-corrected chi connectivity index (χ1v) is 10.9. The van der Waals surface area contributed by atoms with Crippen LogP contribution in [-0.4, -0.2) is 12.7 Å². The standard InChI is InChI=1S/C24H30O5/c1-5-17-12-16-10-14(2)11-18(13-16)23(17)24(26-4,29-28-23)22-15(3)6-8-20-19(22)7-9-21(25)27-20/h6-9,14,16-18H,5,10-13H2,1-4H3. The Morgan fingerprint density at radius 2 is 1.93 bits per heavy atom. The van der Waals surface area contributed by atoms with E-state index in [1.54, 1.807) is 7.11 Å². The van der Waals surface area contributed by atoms with Gasteiger partial charge in [-0.3, -0.25) is 0 Å². The number of benzene rings is 1. The molecule has 3 fully saturated rings. The van der Waals surface area contributed by atoms with Gasteiger partial charge in [-0.1, -0.05) is 26.3 Å². The fourth-order valence-electron chi connectivity index (χ4n) is 6.78. The molecule has 2 bridgehead atoms. The first-order valence-electron chi connectivity index (χ1n) is 10.9. The first kappa shape index (κ1) is 19.3. The number of aryl methyl sites for hydroxylation is 1. The highest BCUT2D eigenvalue weighted by Gasteiger charge is 2.74. The summed E-state index contributed by atoms with van der Waals surface area (Å²) in [6.45, 7) is 6.66. The van der Waals surface area contributed by atoms with E-state index < -0.39 is 11.4 Å². The minimum Gasteiger partial charge on any atom is -0.423 e. The average molecular weight is 398 g/mol. The van der Waals surface area contributed by atoms with Gasteiger partial charge < -0.3 is 9.15 Å². The van der Waals surface area contributed by atoms with E-state index in [0.29, 0.717) is 23.3 Å². The number of methoxy groups -OCH3 is 1. The average Bonchev–Trinajstić information content (AvgIpc) is 2.68. The lowest BCUT2D eigenvalue weighted by Crippen LogP contribution is -2.74. The second-order valence-electron chi connectivity index (χ2n) is 9.42. The van der Waals surface area contributed by atoms with Crippen LogP contribution in [-0.2, 0) is 20.3 Å². The fraction of sp³-hybridized carbons (Fsp3) is 0.625. The van der Waals surface area contributed by atoms with Gasteiger partial charge in [0.1, 0.15) is 5.58 Å². The molecule has 29 heavy (non-hydrogen) atoms. The van der Waals surface area contributed by atoms with Crippen molar-refractivity contribution >= 4 is 11.0 Å². The molecule has 2 heterocycles. The van der Waals surface area contributed by atoms with Crippen LogP contribution < -0.4 is 5.63 Å². The maximum absolute atomic E-state index is 11.8. The van der Waals surface area contributed by atoms with E-state index in [9.17, 15) is 4.79 Å². The van der Waals surface area contributed by atoms with Gasteiger partial charge in [-0.05, 0) is 74.0 Å². The Morgan fingerprint density at radius 1 is 1.10 bits per heavy atom. The monoisotopic (exact) mass is 398 g/mol. The molecule has 2 aromatic rings. The van der Waals surface area contributed by atoms with E-state index in [1.807, 2.05) is 18.2 Å². The Hall–Kier alpha value is -1.69. The molecule has 1 aliphatic heterocycles. The van der Waals surface area contributed by atoms with Crippen LogP contribution >= 0.6 is 0 Å². The van der Waals surface area contributed by atoms with Crippen molar-refractivity contribution in [1.82, 2.24) is 0 Å². The van der Waals surface area contributed by atoms with Gasteiger partial charge in [-0.2, -0.15) is 4.89 Å². The molecule has 0 amide bonds. The third-order valence-corrected chi connectivity index (χ3v) is 7.80. The zero-order chi connectivity index (χ0) is 20.4. The van der Waals surface area contributed by atoms with E-state index in [1.165, 1.54) is 12.5 Å². The van der Waals surface area contributed by atoms with Crippen molar-refractivity contribution in [2.45, 2.75) is 64.3 Å². The molecule has 1 saturated heterocycles. The van der Waals surface area contributed by atoms with Crippen molar-refractivity contribution in [3.05, 3.63) is 45.8 Å². The van der Waals surface area contributed by atoms with Crippen LogP contribution in [0.15, 0.2) is 33.5 Å². The smallest absolute Gasteiger partial charge is 0.336 e. The van der Waals surface area contributed by atoms with Crippen molar-refractivity contribution in [1.29, 1.82) is 0 Å². The van der Waals surface area contributed by atoms with Crippen LogP contribution in [0.1, 0.15) is 57.1 Å². The summed E-state index contributed by atoms with van der Waals surface area (Å²) in [5.41, 5.74) is 1.67. The van der Waals surface area contributed by atoms with Gasteiger partial charge in [-0.25, -0.2) is 9.68 Å². The van der Waals surface area contributed by atoms with Crippen molar-refractivity contribution in [2.75, 3.05) is 7.11 Å². The highest BCUT2D eigenvalue weighted by molar-refractivity contribution is 5.83. The lowest BCUT2D eigenvalue weighted by Gasteiger charge is -2.65. The predicted molar refractivity (Wildman–Crippen MR) is 109 cm³/mol. The zero-order valence-electron chi connectivity index (χ0n) is 17.7. The second kappa shape index (κ2) is 6.66. The predicted octanol–water partition coefficient (Wildman–Crippen LogP) is 5.08. The van der Waals surface area contributed by atoms with Crippen LogP contribution in [0, 0.1) is 30.6 Å². The van der Waals surface area contributed by atoms with E-state index in [0.717, 1.165) is 48.1 Å². The third kappa shape index (κ3) is 2.47. The van der Waals surface area contributed by atoms with Gasteiger partial charge in [0.15, 0.2) is 5.60 Å². The largest absolute Gasteiger partial charge is 0.423 e. The molecule has 2 saturated carbocycles. The molecular formula is C24H30O5. The second-order valence-corrected chi connectivity index (χ2v) is 9.42.